The van der Waals surface area contributed by atoms with E-state index in [-0.39, 0.29) is 30.5 Å². The minimum atomic E-state index is -1.24. The second-order valence-electron chi connectivity index (χ2n) is 22.6. The molecule has 1 aliphatic heterocycles. The van der Waals surface area contributed by atoms with Crippen molar-refractivity contribution in [1.29, 1.82) is 0 Å². The Kier molecular flexibility index (Phi) is 22.3. The first-order valence-corrected chi connectivity index (χ1v) is 27.4. The molecule has 1 heterocycles. The van der Waals surface area contributed by atoms with Crippen molar-refractivity contribution in [2.75, 3.05) is 6.61 Å². The Hall–Kier alpha value is -2.72. The fraction of sp³-hybridized carbons (Fsp3) is 0.860. The monoisotopic (exact) mass is 939 g/mol. The summed E-state index contributed by atoms with van der Waals surface area (Å²) in [5.74, 6) is 2.19. The van der Waals surface area contributed by atoms with Crippen LogP contribution in [-0.4, -0.2) is 67.3 Å². The van der Waals surface area contributed by atoms with Crippen molar-refractivity contribution in [1.82, 2.24) is 0 Å². The van der Waals surface area contributed by atoms with Gasteiger partial charge >= 0.3 is 23.9 Å². The van der Waals surface area contributed by atoms with Gasteiger partial charge in [-0.1, -0.05) is 136 Å². The van der Waals surface area contributed by atoms with Gasteiger partial charge in [0.05, 0.1) is 6.10 Å². The second kappa shape index (κ2) is 27.0. The molecule has 382 valence electrons. The normalized spacial score (nSPS) is 33.0. The van der Waals surface area contributed by atoms with Gasteiger partial charge in [0.2, 0.25) is 0 Å². The highest BCUT2D eigenvalue weighted by Gasteiger charge is 2.60. The van der Waals surface area contributed by atoms with Crippen LogP contribution >= 0.6 is 0 Å². The third kappa shape index (κ3) is 15.6. The largest absolute Gasteiger partial charge is 0.463 e. The zero-order chi connectivity index (χ0) is 48.6. The second-order valence-corrected chi connectivity index (χ2v) is 22.6. The van der Waals surface area contributed by atoms with Crippen molar-refractivity contribution in [3.63, 3.8) is 0 Å². The summed E-state index contributed by atoms with van der Waals surface area (Å²) >= 11 is 0. The molecule has 0 bridgehead atoms. The first-order valence-electron chi connectivity index (χ1n) is 27.4. The van der Waals surface area contributed by atoms with Crippen molar-refractivity contribution in [2.45, 2.75) is 260 Å². The van der Waals surface area contributed by atoms with Crippen LogP contribution in [0.1, 0.15) is 223 Å². The molecule has 0 amide bonds. The molecule has 5 aliphatic rings. The molecule has 0 radical (unpaired) electrons. The maximum Gasteiger partial charge on any atom is 0.305 e. The van der Waals surface area contributed by atoms with Gasteiger partial charge in [0, 0.05) is 27.2 Å². The van der Waals surface area contributed by atoms with Crippen molar-refractivity contribution in [3.05, 3.63) is 23.8 Å². The van der Waals surface area contributed by atoms with Crippen LogP contribution in [-0.2, 0) is 47.6 Å². The molecule has 0 N–H and O–H groups in total. The van der Waals surface area contributed by atoms with Crippen LogP contribution in [0.2, 0.25) is 0 Å². The highest BCUT2D eigenvalue weighted by Crippen LogP contribution is 2.67. The maximum absolute atomic E-state index is 13.1. The number of unbranched alkanes of at least 4 members (excludes halogenated alkanes) is 11. The third-order valence-corrected chi connectivity index (χ3v) is 17.1. The lowest BCUT2D eigenvalue weighted by Crippen LogP contribution is -2.63. The minimum Gasteiger partial charge on any atom is -0.463 e. The summed E-state index contributed by atoms with van der Waals surface area (Å²) in [6.45, 7) is 18.1. The molecule has 4 fully saturated rings. The average molecular weight is 939 g/mol. The van der Waals surface area contributed by atoms with Crippen molar-refractivity contribution >= 4 is 23.9 Å². The third-order valence-electron chi connectivity index (χ3n) is 17.1. The Morgan fingerprint density at radius 3 is 2.00 bits per heavy atom. The summed E-state index contributed by atoms with van der Waals surface area (Å²) in [6.07, 6.45) is 29.4. The van der Waals surface area contributed by atoms with Gasteiger partial charge in [-0.25, -0.2) is 0 Å². The highest BCUT2D eigenvalue weighted by molar-refractivity contribution is 5.69. The molecule has 5 rings (SSSR count). The molecular weight excluding hydrogens is 845 g/mol. The Morgan fingerprint density at radius 1 is 0.716 bits per heavy atom. The van der Waals surface area contributed by atoms with E-state index in [1.165, 1.54) is 116 Å². The Morgan fingerprint density at radius 2 is 1.34 bits per heavy atom. The number of rotatable bonds is 27. The number of allylic oxidation sites excluding steroid dienone is 3. The zero-order valence-corrected chi connectivity index (χ0v) is 43.6. The zero-order valence-electron chi connectivity index (χ0n) is 43.6. The molecule has 1 unspecified atom stereocenters. The molecule has 67 heavy (non-hydrogen) atoms. The molecule has 13 atom stereocenters. The van der Waals surface area contributed by atoms with E-state index in [0.29, 0.717) is 23.7 Å². The van der Waals surface area contributed by atoms with Gasteiger partial charge in [-0.3, -0.25) is 19.2 Å². The van der Waals surface area contributed by atoms with Crippen LogP contribution in [0.3, 0.4) is 0 Å². The van der Waals surface area contributed by atoms with Crippen molar-refractivity contribution in [2.24, 2.45) is 46.3 Å². The topological polar surface area (TPSA) is 124 Å². The predicted octanol–water partition coefficient (Wildman–Crippen LogP) is 13.5. The molecule has 10 nitrogen and oxygen atoms in total. The van der Waals surface area contributed by atoms with Crippen LogP contribution in [0.15, 0.2) is 23.8 Å². The van der Waals surface area contributed by atoms with Crippen LogP contribution in [0.5, 0.6) is 0 Å². The Bertz CT molecular complexity index is 1620. The average Bonchev–Trinajstić information content (AvgIpc) is 3.63. The summed E-state index contributed by atoms with van der Waals surface area (Å²) in [4.78, 5) is 50.8. The summed E-state index contributed by atoms with van der Waals surface area (Å²) in [7, 11) is 0. The highest BCUT2D eigenvalue weighted by atomic mass is 16.7. The van der Waals surface area contributed by atoms with E-state index >= 15 is 0 Å². The Labute approximate surface area is 406 Å². The summed E-state index contributed by atoms with van der Waals surface area (Å²) in [6, 6.07) is 0. The van der Waals surface area contributed by atoms with E-state index in [4.69, 9.17) is 28.4 Å². The molecular formula is C57H94O10. The first kappa shape index (κ1) is 55.2. The lowest BCUT2D eigenvalue weighted by Gasteiger charge is -2.58. The maximum atomic E-state index is 13.1. The standard InChI is InChI=1S/C57H94O10/c1-10-11-12-13-14-15-16-17-18-19-20-21-22-23-24-28-51(61)62-38-50-52(63-41(5)58)53(64-42(6)59)54(65-43(7)60)55(67-50)66-45-33-35-56(8)44(37-45)29-30-46-48-32-31-47(40(4)27-25-26-39(2)3)57(48,9)36-34-49(46)56/h17-18,29,39-40,45-50,52-55H,10-16,19-28,30-38H2,1-9H3/t40-,45?,46+,47-,48+,49+,50-,52+,53+,54-,55-,56+,57-/m1/s1. The SMILES string of the molecule is CCCCCCCCC=CCCCCCCCC(=O)OC[C@H]1O[C@@H](OC2CC[C@@]3(C)C(=CC[C@H]4[C@@H]5CC[C@H]([C@H](C)CCCC(C)C)[C@@]5(C)CC[C@@H]43)C2)[C@H](OC(C)=O)[C@@H](OC(C)=O)[C@H]1OC(C)=O. The number of fused-ring (bicyclic) bond motifs is 5. The van der Waals surface area contributed by atoms with E-state index < -0.39 is 48.6 Å². The number of carbonyl (C=O) groups excluding carboxylic acids is 4. The van der Waals surface area contributed by atoms with Gasteiger partial charge in [-0.05, 0) is 130 Å². The number of ether oxygens (including phenoxy) is 6. The number of hydrogen-bond acceptors (Lipinski definition) is 10. The van der Waals surface area contributed by atoms with Gasteiger partial charge in [0.25, 0.3) is 0 Å². The molecule has 4 aliphatic carbocycles. The van der Waals surface area contributed by atoms with E-state index in [1.807, 2.05) is 0 Å². The summed E-state index contributed by atoms with van der Waals surface area (Å²) in [5.41, 5.74) is 1.96. The van der Waals surface area contributed by atoms with Crippen LogP contribution in [0, 0.1) is 46.3 Å². The van der Waals surface area contributed by atoms with Gasteiger partial charge in [-0.15, -0.1) is 0 Å². The van der Waals surface area contributed by atoms with Crippen molar-refractivity contribution < 1.29 is 47.6 Å². The molecule has 0 aromatic carbocycles. The van der Waals surface area contributed by atoms with Gasteiger partial charge in [-0.2, -0.15) is 0 Å². The molecule has 1 saturated heterocycles. The minimum absolute atomic E-state index is 0.0925. The lowest BCUT2D eigenvalue weighted by atomic mass is 9.47. The fourth-order valence-electron chi connectivity index (χ4n) is 13.6. The smallest absolute Gasteiger partial charge is 0.305 e. The number of hydrogen-bond donors (Lipinski definition) is 0. The van der Waals surface area contributed by atoms with Crippen LogP contribution in [0.25, 0.3) is 0 Å². The predicted molar refractivity (Wildman–Crippen MR) is 264 cm³/mol. The van der Waals surface area contributed by atoms with E-state index in [0.717, 1.165) is 81.5 Å². The molecule has 10 heteroatoms. The van der Waals surface area contributed by atoms with Crippen LogP contribution < -0.4 is 0 Å². The molecule has 3 saturated carbocycles. The number of carbonyl (C=O) groups is 4. The molecule has 0 spiro atoms. The van der Waals surface area contributed by atoms with Gasteiger partial charge in [0.1, 0.15) is 12.7 Å². The summed E-state index contributed by atoms with van der Waals surface area (Å²) < 4.78 is 36.4. The van der Waals surface area contributed by atoms with Gasteiger partial charge < -0.3 is 28.4 Å². The first-order chi connectivity index (χ1) is 32.1. The van der Waals surface area contributed by atoms with E-state index in [1.54, 1.807) is 0 Å². The molecule has 0 aromatic heterocycles. The van der Waals surface area contributed by atoms with Crippen LogP contribution in [0.4, 0.5) is 0 Å². The number of esters is 4. The lowest BCUT2D eigenvalue weighted by molar-refractivity contribution is -0.318. The van der Waals surface area contributed by atoms with Gasteiger partial charge in [0.15, 0.2) is 24.6 Å². The molecule has 0 aromatic rings. The van der Waals surface area contributed by atoms with Crippen molar-refractivity contribution in [3.8, 4) is 0 Å². The quantitative estimate of drug-likeness (QED) is 0.0340. The summed E-state index contributed by atoms with van der Waals surface area (Å²) in [5, 5.41) is 0. The Balaban J connectivity index is 1.17. The van der Waals surface area contributed by atoms with E-state index in [2.05, 4.69) is 59.8 Å². The van der Waals surface area contributed by atoms with E-state index in [9.17, 15) is 19.2 Å². The fourth-order valence-corrected chi connectivity index (χ4v) is 13.6.